The molecule has 0 saturated carbocycles. The second-order valence-electron chi connectivity index (χ2n) is 7.01. The molecule has 0 radical (unpaired) electrons. The van der Waals surface area contributed by atoms with Gasteiger partial charge < -0.3 is 15.2 Å². The molecule has 2 aromatic heterocycles. The van der Waals surface area contributed by atoms with Crippen molar-refractivity contribution in [3.63, 3.8) is 0 Å². The smallest absolute Gasteiger partial charge is 0.329 e. The lowest BCUT2D eigenvalue weighted by atomic mass is 9.90. The Morgan fingerprint density at radius 3 is 2.68 bits per heavy atom. The Morgan fingerprint density at radius 1 is 1.29 bits per heavy atom. The lowest BCUT2D eigenvalue weighted by Crippen LogP contribution is -2.57. The molecule has 1 aliphatic heterocycles. The SMILES string of the molecule is Cc1nn(Cc2ccccc2)c2sc(C(=O)NC3(C(=O)O)CCOCC3)cc12. The summed E-state index contributed by atoms with van der Waals surface area (Å²) in [5.74, 6) is -1.38. The highest BCUT2D eigenvalue weighted by Gasteiger charge is 2.42. The van der Waals surface area contributed by atoms with Crippen LogP contribution in [-0.4, -0.2) is 45.5 Å². The van der Waals surface area contributed by atoms with E-state index in [-0.39, 0.29) is 18.7 Å². The number of fused-ring (bicyclic) bond motifs is 1. The lowest BCUT2D eigenvalue weighted by Gasteiger charge is -2.33. The molecule has 0 atom stereocenters. The lowest BCUT2D eigenvalue weighted by molar-refractivity contribution is -0.148. The van der Waals surface area contributed by atoms with Gasteiger partial charge in [0, 0.05) is 31.4 Å². The highest BCUT2D eigenvalue weighted by atomic mass is 32.1. The van der Waals surface area contributed by atoms with Crippen molar-refractivity contribution >= 4 is 33.4 Å². The number of nitrogens with one attached hydrogen (secondary N) is 1. The van der Waals surface area contributed by atoms with Crippen LogP contribution in [0.2, 0.25) is 0 Å². The number of aryl methyl sites for hydroxylation is 1. The van der Waals surface area contributed by atoms with E-state index in [2.05, 4.69) is 10.4 Å². The predicted octanol–water partition coefficient (Wildman–Crippen LogP) is 2.82. The van der Waals surface area contributed by atoms with Gasteiger partial charge in [-0.05, 0) is 18.6 Å². The van der Waals surface area contributed by atoms with Crippen LogP contribution in [0.4, 0.5) is 0 Å². The number of amides is 1. The number of thiophene rings is 1. The summed E-state index contributed by atoms with van der Waals surface area (Å²) in [7, 11) is 0. The standard InChI is InChI=1S/C20H21N3O4S/c1-13-15-11-16(17(24)21-20(19(25)26)7-9-27-10-8-20)28-18(15)23(22-13)12-14-5-3-2-4-6-14/h2-6,11H,7-10,12H2,1H3,(H,21,24)(H,25,26). The molecule has 1 aromatic carbocycles. The summed E-state index contributed by atoms with van der Waals surface area (Å²) in [4.78, 5) is 26.0. The number of carbonyl (C=O) groups is 2. The molecule has 28 heavy (non-hydrogen) atoms. The third-order valence-electron chi connectivity index (χ3n) is 5.11. The molecule has 1 amide bonds. The maximum Gasteiger partial charge on any atom is 0.329 e. The normalized spacial score (nSPS) is 16.2. The minimum absolute atomic E-state index is 0.264. The first-order valence-electron chi connectivity index (χ1n) is 9.13. The Bertz CT molecular complexity index is 1020. The summed E-state index contributed by atoms with van der Waals surface area (Å²) in [6, 6.07) is 11.8. The molecule has 0 aliphatic carbocycles. The molecular formula is C20H21N3O4S. The zero-order chi connectivity index (χ0) is 19.7. The molecule has 4 rings (SSSR count). The van der Waals surface area contributed by atoms with E-state index in [1.54, 1.807) is 6.07 Å². The van der Waals surface area contributed by atoms with Crippen LogP contribution in [-0.2, 0) is 16.1 Å². The van der Waals surface area contributed by atoms with Crippen molar-refractivity contribution < 1.29 is 19.4 Å². The van der Waals surface area contributed by atoms with E-state index in [0.29, 0.717) is 24.6 Å². The van der Waals surface area contributed by atoms with Crippen LogP contribution in [0, 0.1) is 6.92 Å². The fourth-order valence-electron chi connectivity index (χ4n) is 3.48. The number of rotatable bonds is 5. The van der Waals surface area contributed by atoms with Crippen LogP contribution >= 0.6 is 11.3 Å². The van der Waals surface area contributed by atoms with Crippen LogP contribution < -0.4 is 5.32 Å². The van der Waals surface area contributed by atoms with Gasteiger partial charge in [-0.25, -0.2) is 4.79 Å². The maximum absolute atomic E-state index is 12.8. The first-order valence-corrected chi connectivity index (χ1v) is 9.95. The van der Waals surface area contributed by atoms with Gasteiger partial charge in [0.25, 0.3) is 5.91 Å². The van der Waals surface area contributed by atoms with E-state index in [1.807, 2.05) is 41.9 Å². The molecule has 3 aromatic rings. The minimum Gasteiger partial charge on any atom is -0.480 e. The zero-order valence-corrected chi connectivity index (χ0v) is 16.3. The molecule has 1 saturated heterocycles. The van der Waals surface area contributed by atoms with E-state index in [0.717, 1.165) is 21.5 Å². The highest BCUT2D eigenvalue weighted by molar-refractivity contribution is 7.20. The van der Waals surface area contributed by atoms with Crippen molar-refractivity contribution in [2.45, 2.75) is 31.8 Å². The third-order valence-corrected chi connectivity index (χ3v) is 6.26. The average molecular weight is 399 g/mol. The van der Waals surface area contributed by atoms with E-state index in [9.17, 15) is 14.7 Å². The van der Waals surface area contributed by atoms with Crippen molar-refractivity contribution in [2.24, 2.45) is 0 Å². The predicted molar refractivity (Wildman–Crippen MR) is 106 cm³/mol. The summed E-state index contributed by atoms with van der Waals surface area (Å²) in [6.45, 7) is 3.17. The molecule has 146 valence electrons. The molecule has 0 spiro atoms. The molecule has 1 fully saturated rings. The van der Waals surface area contributed by atoms with Gasteiger partial charge in [-0.1, -0.05) is 30.3 Å². The van der Waals surface area contributed by atoms with Gasteiger partial charge in [-0.15, -0.1) is 11.3 Å². The van der Waals surface area contributed by atoms with Gasteiger partial charge >= 0.3 is 5.97 Å². The van der Waals surface area contributed by atoms with E-state index in [1.165, 1.54) is 11.3 Å². The molecule has 2 N–H and O–H groups in total. The van der Waals surface area contributed by atoms with Crippen molar-refractivity contribution in [2.75, 3.05) is 13.2 Å². The minimum atomic E-state index is -1.27. The van der Waals surface area contributed by atoms with Gasteiger partial charge in [-0.3, -0.25) is 9.48 Å². The van der Waals surface area contributed by atoms with Gasteiger partial charge in [0.15, 0.2) is 0 Å². The fraction of sp³-hybridized carbons (Fsp3) is 0.350. The number of hydrogen-bond acceptors (Lipinski definition) is 5. The largest absolute Gasteiger partial charge is 0.480 e. The number of nitrogens with zero attached hydrogens (tertiary/aromatic N) is 2. The number of hydrogen-bond donors (Lipinski definition) is 2. The third kappa shape index (κ3) is 3.41. The van der Waals surface area contributed by atoms with Crippen LogP contribution in [0.15, 0.2) is 36.4 Å². The van der Waals surface area contributed by atoms with Crippen molar-refractivity contribution in [3.05, 3.63) is 52.5 Å². The maximum atomic E-state index is 12.8. The molecule has 0 unspecified atom stereocenters. The zero-order valence-electron chi connectivity index (χ0n) is 15.5. The first kappa shape index (κ1) is 18.6. The Hall–Kier alpha value is -2.71. The molecule has 7 nitrogen and oxygen atoms in total. The summed E-state index contributed by atoms with van der Waals surface area (Å²) in [5.41, 5.74) is 0.704. The van der Waals surface area contributed by atoms with Crippen LogP contribution in [0.25, 0.3) is 10.2 Å². The van der Waals surface area contributed by atoms with E-state index < -0.39 is 11.5 Å². The quantitative estimate of drug-likeness (QED) is 0.688. The number of carboxylic acid groups (broad SMARTS) is 1. The number of carbonyl (C=O) groups excluding carboxylic acids is 1. The summed E-state index contributed by atoms with van der Waals surface area (Å²) in [6.07, 6.45) is 0.527. The summed E-state index contributed by atoms with van der Waals surface area (Å²) >= 11 is 1.34. The van der Waals surface area contributed by atoms with Crippen molar-refractivity contribution in [3.8, 4) is 0 Å². The van der Waals surface area contributed by atoms with Crippen LogP contribution in [0.3, 0.4) is 0 Å². The Kier molecular flexibility index (Phi) is 4.91. The number of aromatic nitrogens is 2. The summed E-state index contributed by atoms with van der Waals surface area (Å²) in [5, 5.41) is 17.9. The van der Waals surface area contributed by atoms with E-state index in [4.69, 9.17) is 4.74 Å². The summed E-state index contributed by atoms with van der Waals surface area (Å²) < 4.78 is 7.15. The molecule has 1 aliphatic rings. The monoisotopic (exact) mass is 399 g/mol. The van der Waals surface area contributed by atoms with Crippen molar-refractivity contribution in [1.29, 1.82) is 0 Å². The molecule has 0 bridgehead atoms. The first-order chi connectivity index (χ1) is 13.5. The molecule has 8 heteroatoms. The number of carboxylic acids is 1. The van der Waals surface area contributed by atoms with Crippen LogP contribution in [0.5, 0.6) is 0 Å². The topological polar surface area (TPSA) is 93.5 Å². The Labute approximate surface area is 165 Å². The molecular weight excluding hydrogens is 378 g/mol. The second kappa shape index (κ2) is 7.37. The number of ether oxygens (including phenoxy) is 1. The Morgan fingerprint density at radius 2 is 2.00 bits per heavy atom. The number of aliphatic carboxylic acids is 1. The van der Waals surface area contributed by atoms with Gasteiger partial charge in [-0.2, -0.15) is 5.10 Å². The fourth-order valence-corrected chi connectivity index (χ4v) is 4.54. The molecule has 3 heterocycles. The van der Waals surface area contributed by atoms with Gasteiger partial charge in [0.05, 0.1) is 17.1 Å². The number of benzene rings is 1. The average Bonchev–Trinajstić information content (AvgIpc) is 3.25. The van der Waals surface area contributed by atoms with Crippen molar-refractivity contribution in [1.82, 2.24) is 15.1 Å². The second-order valence-corrected chi connectivity index (χ2v) is 8.04. The van der Waals surface area contributed by atoms with Gasteiger partial charge in [0.2, 0.25) is 0 Å². The Balaban J connectivity index is 1.61. The van der Waals surface area contributed by atoms with Gasteiger partial charge in [0.1, 0.15) is 10.4 Å². The van der Waals surface area contributed by atoms with Crippen LogP contribution in [0.1, 0.15) is 33.8 Å². The van der Waals surface area contributed by atoms with E-state index >= 15 is 0 Å². The highest BCUT2D eigenvalue weighted by Crippen LogP contribution is 2.30.